The lowest BCUT2D eigenvalue weighted by Gasteiger charge is -2.56. The van der Waals surface area contributed by atoms with Crippen molar-refractivity contribution in [2.45, 2.75) is 64.4 Å². The molecule has 0 unspecified atom stereocenters. The monoisotopic (exact) mass is 362 g/mol. The molecule has 6 atom stereocenters. The van der Waals surface area contributed by atoms with E-state index in [0.717, 1.165) is 23.1 Å². The minimum absolute atomic E-state index is 0.0281. The Balaban J connectivity index is 1.88. The van der Waals surface area contributed by atoms with Gasteiger partial charge in [-0.15, -0.1) is 0 Å². The number of hydrogen-bond donors (Lipinski definition) is 2. The molecule has 1 saturated heterocycles. The number of rotatable bonds is 3. The molecule has 4 rings (SSSR count). The zero-order valence-corrected chi connectivity index (χ0v) is 16.3. The lowest BCUT2D eigenvalue weighted by molar-refractivity contribution is -0.270. The number of allylic oxidation sites excluding steroid dienone is 1. The Morgan fingerprint density at radius 3 is 2.69 bits per heavy atom. The van der Waals surface area contributed by atoms with E-state index < -0.39 is 16.8 Å². The predicted molar refractivity (Wildman–Crippen MR) is 96.2 cm³/mol. The molecule has 5 heteroatoms. The van der Waals surface area contributed by atoms with Crippen molar-refractivity contribution >= 4 is 5.78 Å². The Morgan fingerprint density at radius 2 is 2.08 bits per heavy atom. The number of methoxy groups -OCH3 is 1. The second-order valence-corrected chi connectivity index (χ2v) is 9.13. The van der Waals surface area contributed by atoms with Gasteiger partial charge >= 0.3 is 0 Å². The quantitative estimate of drug-likeness (QED) is 0.754. The Morgan fingerprint density at radius 1 is 1.38 bits per heavy atom. The summed E-state index contributed by atoms with van der Waals surface area (Å²) in [6.07, 6.45) is 3.63. The van der Waals surface area contributed by atoms with Gasteiger partial charge in [-0.25, -0.2) is 0 Å². The summed E-state index contributed by atoms with van der Waals surface area (Å²) >= 11 is 0. The number of ether oxygens (including phenoxy) is 2. The maximum Gasteiger partial charge on any atom is 0.202 e. The Labute approximate surface area is 155 Å². The van der Waals surface area contributed by atoms with Crippen LogP contribution in [0.2, 0.25) is 0 Å². The van der Waals surface area contributed by atoms with Gasteiger partial charge in [-0.1, -0.05) is 20.8 Å². The van der Waals surface area contributed by atoms with Crippen molar-refractivity contribution < 1.29 is 24.5 Å². The number of fused-ring (bicyclic) bond motifs is 5. The fraction of sp³-hybridized carbons (Fsp3) is 0.762. The highest BCUT2D eigenvalue weighted by atomic mass is 16.6. The fourth-order valence-electron chi connectivity index (χ4n) is 5.81. The number of carbonyl (C=O) groups excluding carboxylic acids is 1. The van der Waals surface area contributed by atoms with Crippen molar-refractivity contribution in [2.75, 3.05) is 13.7 Å². The predicted octanol–water partition coefficient (Wildman–Crippen LogP) is 2.37. The molecule has 0 amide bonds. The highest BCUT2D eigenvalue weighted by molar-refractivity contribution is 6.11. The third kappa shape index (κ3) is 2.03. The van der Waals surface area contributed by atoms with Crippen molar-refractivity contribution in [1.82, 2.24) is 0 Å². The number of Topliss-reactive ketones (excluding diaryl/α,β-unsaturated/α-hetero) is 1. The first-order chi connectivity index (χ1) is 12.1. The number of aliphatic hydroxyl groups is 2. The molecule has 0 aromatic heterocycles. The normalized spacial score (nSPS) is 47.3. The van der Waals surface area contributed by atoms with Gasteiger partial charge in [0.15, 0.2) is 5.78 Å². The zero-order chi connectivity index (χ0) is 19.1. The van der Waals surface area contributed by atoms with Gasteiger partial charge < -0.3 is 19.7 Å². The number of hydrogen-bond acceptors (Lipinski definition) is 5. The standard InChI is InChI=1S/C21H30O5/c1-11(2)17-14-8-16-12(3)13-6-7-20(23,10-25-5)15(13)9-21(24,26-16)19(14,4)18(17)22/h9,11-13,16,23-24H,6-8,10H2,1-5H3/t12-,13+,16+,19-,20+,21+/m1/s1. The lowest BCUT2D eigenvalue weighted by Crippen LogP contribution is -2.64. The largest absolute Gasteiger partial charge is 0.383 e. The fourth-order valence-corrected chi connectivity index (χ4v) is 5.81. The van der Waals surface area contributed by atoms with E-state index in [9.17, 15) is 15.0 Å². The molecule has 2 N–H and O–H groups in total. The van der Waals surface area contributed by atoms with E-state index in [0.29, 0.717) is 12.8 Å². The molecule has 2 bridgehead atoms. The molecule has 5 nitrogen and oxygen atoms in total. The molecule has 2 heterocycles. The summed E-state index contributed by atoms with van der Waals surface area (Å²) in [6, 6.07) is 0. The van der Waals surface area contributed by atoms with E-state index in [-0.39, 0.29) is 36.2 Å². The SMILES string of the molecule is COC[C@@]1(O)CC[C@@H]2C1=C[C@]1(O)O[C@@H](CC3=C(C(C)C)C(=O)[C@@]31C)[C@@H]2C. The minimum Gasteiger partial charge on any atom is -0.383 e. The average molecular weight is 362 g/mol. The van der Waals surface area contributed by atoms with Crippen molar-refractivity contribution in [2.24, 2.45) is 23.2 Å². The Kier molecular flexibility index (Phi) is 3.89. The van der Waals surface area contributed by atoms with Gasteiger partial charge in [0, 0.05) is 7.11 Å². The first kappa shape index (κ1) is 18.4. The molecule has 0 aromatic carbocycles. The molecule has 0 radical (unpaired) electrons. The van der Waals surface area contributed by atoms with Gasteiger partial charge in [0.25, 0.3) is 0 Å². The third-order valence-corrected chi connectivity index (χ3v) is 7.42. The van der Waals surface area contributed by atoms with Crippen LogP contribution in [-0.4, -0.2) is 47.2 Å². The van der Waals surface area contributed by atoms with Gasteiger partial charge in [-0.2, -0.15) is 0 Å². The van der Waals surface area contributed by atoms with E-state index in [1.165, 1.54) is 0 Å². The highest BCUT2D eigenvalue weighted by Crippen LogP contribution is 2.62. The molecule has 0 aromatic rings. The van der Waals surface area contributed by atoms with Crippen molar-refractivity contribution in [3.05, 3.63) is 22.8 Å². The maximum absolute atomic E-state index is 13.0. The summed E-state index contributed by atoms with van der Waals surface area (Å²) in [4.78, 5) is 13.0. The number of ketones is 1. The summed E-state index contributed by atoms with van der Waals surface area (Å²) in [6.45, 7) is 8.16. The molecular formula is C21H30O5. The van der Waals surface area contributed by atoms with Crippen molar-refractivity contribution in [1.29, 1.82) is 0 Å². The first-order valence-corrected chi connectivity index (χ1v) is 9.72. The van der Waals surface area contributed by atoms with Crippen LogP contribution < -0.4 is 0 Å². The Bertz CT molecular complexity index is 722. The maximum atomic E-state index is 13.0. The van der Waals surface area contributed by atoms with Crippen molar-refractivity contribution in [3.8, 4) is 0 Å². The summed E-state index contributed by atoms with van der Waals surface area (Å²) < 4.78 is 11.4. The van der Waals surface area contributed by atoms with Gasteiger partial charge in [0.05, 0.1) is 12.7 Å². The van der Waals surface area contributed by atoms with E-state index in [1.807, 2.05) is 13.8 Å². The van der Waals surface area contributed by atoms with Gasteiger partial charge in [0.2, 0.25) is 5.79 Å². The molecule has 144 valence electrons. The molecular weight excluding hydrogens is 332 g/mol. The van der Waals surface area contributed by atoms with Crippen LogP contribution in [0.15, 0.2) is 22.8 Å². The second kappa shape index (κ2) is 5.51. The smallest absolute Gasteiger partial charge is 0.202 e. The van der Waals surface area contributed by atoms with Crippen LogP contribution in [0.5, 0.6) is 0 Å². The molecule has 26 heavy (non-hydrogen) atoms. The Hall–Kier alpha value is -1.01. The van der Waals surface area contributed by atoms with Crippen LogP contribution in [0.1, 0.15) is 47.0 Å². The van der Waals surface area contributed by atoms with Gasteiger partial charge in [-0.05, 0) is 66.7 Å². The molecule has 2 fully saturated rings. The summed E-state index contributed by atoms with van der Waals surface area (Å²) in [7, 11) is 1.57. The van der Waals surface area contributed by atoms with E-state index >= 15 is 0 Å². The number of carbonyl (C=O) groups is 1. The average Bonchev–Trinajstić information content (AvgIpc) is 2.82. The van der Waals surface area contributed by atoms with Gasteiger partial charge in [-0.3, -0.25) is 4.79 Å². The second-order valence-electron chi connectivity index (χ2n) is 9.13. The van der Waals surface area contributed by atoms with Crippen LogP contribution in [-0.2, 0) is 14.3 Å². The topological polar surface area (TPSA) is 76.0 Å². The first-order valence-electron chi connectivity index (χ1n) is 9.72. The van der Waals surface area contributed by atoms with Crippen LogP contribution >= 0.6 is 0 Å². The summed E-state index contributed by atoms with van der Waals surface area (Å²) in [5, 5.41) is 22.7. The van der Waals surface area contributed by atoms with E-state index in [4.69, 9.17) is 9.47 Å². The van der Waals surface area contributed by atoms with E-state index in [1.54, 1.807) is 20.1 Å². The van der Waals surface area contributed by atoms with Crippen LogP contribution in [0.4, 0.5) is 0 Å². The molecule has 0 spiro atoms. The highest BCUT2D eigenvalue weighted by Gasteiger charge is 2.68. The van der Waals surface area contributed by atoms with E-state index in [2.05, 4.69) is 6.92 Å². The van der Waals surface area contributed by atoms with Crippen LogP contribution in [0.25, 0.3) is 0 Å². The van der Waals surface area contributed by atoms with Gasteiger partial charge in [0.1, 0.15) is 11.0 Å². The lowest BCUT2D eigenvalue weighted by atomic mass is 9.54. The molecule has 2 aliphatic heterocycles. The molecule has 1 saturated carbocycles. The third-order valence-electron chi connectivity index (χ3n) is 7.42. The van der Waals surface area contributed by atoms with Crippen molar-refractivity contribution in [3.63, 3.8) is 0 Å². The van der Waals surface area contributed by atoms with Crippen LogP contribution in [0.3, 0.4) is 0 Å². The zero-order valence-electron chi connectivity index (χ0n) is 16.3. The van der Waals surface area contributed by atoms with Crippen LogP contribution in [0, 0.1) is 23.2 Å². The minimum atomic E-state index is -1.70. The summed E-state index contributed by atoms with van der Waals surface area (Å²) in [5.41, 5.74) is 0.517. The molecule has 4 aliphatic rings. The molecule has 2 aliphatic carbocycles. The summed E-state index contributed by atoms with van der Waals surface area (Å²) in [5.74, 6) is -1.30.